The van der Waals surface area contributed by atoms with Crippen molar-refractivity contribution in [3.8, 4) is 5.88 Å². The Bertz CT molecular complexity index is 748. The molecule has 2 heterocycles. The van der Waals surface area contributed by atoms with Crippen LogP contribution in [0.25, 0.3) is 0 Å². The number of aromatic nitrogens is 2. The molecular formula is C15H15F3IN3O2S. The molecule has 1 saturated carbocycles. The van der Waals surface area contributed by atoms with Crippen LogP contribution in [0.2, 0.25) is 0 Å². The van der Waals surface area contributed by atoms with Gasteiger partial charge in [-0.05, 0) is 42.4 Å². The minimum atomic E-state index is -4.56. The van der Waals surface area contributed by atoms with Crippen molar-refractivity contribution in [1.82, 2.24) is 9.36 Å². The summed E-state index contributed by atoms with van der Waals surface area (Å²) in [7, 11) is 0. The van der Waals surface area contributed by atoms with Gasteiger partial charge in [-0.15, -0.1) is 0 Å². The molecule has 5 nitrogen and oxygen atoms in total. The van der Waals surface area contributed by atoms with Crippen LogP contribution < -0.4 is 8.38 Å². The summed E-state index contributed by atoms with van der Waals surface area (Å²) in [6.07, 6.45) is -1.67. The molecule has 1 N–H and O–H groups in total. The van der Waals surface area contributed by atoms with Crippen LogP contribution in [0.4, 0.5) is 18.9 Å². The van der Waals surface area contributed by atoms with Crippen LogP contribution in [0.5, 0.6) is 5.88 Å². The lowest BCUT2D eigenvalue weighted by Crippen LogP contribution is -2.14. The average molecular weight is 485 g/mol. The maximum Gasteiger partial charge on any atom is 0.433 e. The number of hydrogen-bond acceptors (Lipinski definition) is 5. The average Bonchev–Trinajstić information content (AvgIpc) is 3.34. The van der Waals surface area contributed by atoms with Crippen LogP contribution in [0.3, 0.4) is 0 Å². The highest BCUT2D eigenvalue weighted by Gasteiger charge is 2.35. The first-order chi connectivity index (χ1) is 11.9. The summed E-state index contributed by atoms with van der Waals surface area (Å²) >= 11 is 2.67. The number of pyridine rings is 1. The summed E-state index contributed by atoms with van der Waals surface area (Å²) in [5, 5.41) is 2.46. The van der Waals surface area contributed by atoms with Gasteiger partial charge < -0.3 is 8.38 Å². The Labute approximate surface area is 160 Å². The molecule has 0 radical (unpaired) electrons. The van der Waals surface area contributed by atoms with Crippen LogP contribution in [0, 0.1) is 0 Å². The Hall–Kier alpha value is -1.43. The second-order valence-electron chi connectivity index (χ2n) is 4.96. The van der Waals surface area contributed by atoms with Crippen LogP contribution >= 0.6 is 34.5 Å². The van der Waals surface area contributed by atoms with Crippen molar-refractivity contribution in [2.45, 2.75) is 38.8 Å². The summed E-state index contributed by atoms with van der Waals surface area (Å²) in [6, 6.07) is 2.10. The number of nitrogens with zero attached hydrogens (tertiary/aromatic N) is 2. The maximum absolute atomic E-state index is 12.7. The van der Waals surface area contributed by atoms with E-state index < -0.39 is 17.8 Å². The minimum absolute atomic E-state index is 0.0319. The molecule has 2 aromatic heterocycles. The van der Waals surface area contributed by atoms with Crippen LogP contribution in [0.1, 0.15) is 53.5 Å². The van der Waals surface area contributed by atoms with E-state index in [4.69, 9.17) is 3.07 Å². The van der Waals surface area contributed by atoms with Crippen molar-refractivity contribution in [1.29, 1.82) is 0 Å². The molecule has 25 heavy (non-hydrogen) atoms. The van der Waals surface area contributed by atoms with Crippen LogP contribution in [-0.4, -0.2) is 15.3 Å². The van der Waals surface area contributed by atoms with Gasteiger partial charge in [-0.3, -0.25) is 9.78 Å². The molecule has 136 valence electrons. The lowest BCUT2D eigenvalue weighted by atomic mass is 10.1. The monoisotopic (exact) mass is 485 g/mol. The van der Waals surface area contributed by atoms with Gasteiger partial charge in [-0.2, -0.15) is 17.5 Å². The Kier molecular flexibility index (Phi) is 6.60. The Morgan fingerprint density at radius 1 is 1.40 bits per heavy atom. The van der Waals surface area contributed by atoms with E-state index in [1.807, 2.05) is 13.8 Å². The normalized spacial score (nSPS) is 13.7. The summed E-state index contributed by atoms with van der Waals surface area (Å²) in [4.78, 5) is 16.0. The fourth-order valence-electron chi connectivity index (χ4n) is 2.09. The van der Waals surface area contributed by atoms with Crippen LogP contribution in [0.15, 0.2) is 18.3 Å². The van der Waals surface area contributed by atoms with Crippen molar-refractivity contribution >= 4 is 46.1 Å². The van der Waals surface area contributed by atoms with E-state index in [1.165, 1.54) is 6.07 Å². The van der Waals surface area contributed by atoms with E-state index in [0.717, 1.165) is 42.2 Å². The minimum Gasteiger partial charge on any atom is -0.407 e. The number of halogens is 4. The van der Waals surface area contributed by atoms with Gasteiger partial charge in [-0.1, -0.05) is 13.8 Å². The number of rotatable bonds is 4. The van der Waals surface area contributed by atoms with Crippen molar-refractivity contribution in [2.24, 2.45) is 0 Å². The standard InChI is InChI=1S/C13H9F3IN3O2S.C2H6/c14-13(15,16)8-5-7(3-4-18-8)19-11(21)10-9(6-1-2-6)12(22-17)20-23-10;1-2/h3-6H,1-2H2,(H,18,19,21);1-2H3. The van der Waals surface area contributed by atoms with E-state index in [2.05, 4.69) is 14.7 Å². The summed E-state index contributed by atoms with van der Waals surface area (Å²) in [6.45, 7) is 4.00. The summed E-state index contributed by atoms with van der Waals surface area (Å²) in [5.41, 5.74) is -0.297. The summed E-state index contributed by atoms with van der Waals surface area (Å²) in [5.74, 6) is 0.125. The second-order valence-corrected chi connectivity index (χ2v) is 6.18. The van der Waals surface area contributed by atoms with Gasteiger partial charge in [0.2, 0.25) is 5.88 Å². The molecule has 3 rings (SSSR count). The molecule has 2 aromatic rings. The molecule has 0 bridgehead atoms. The van der Waals surface area contributed by atoms with Crippen molar-refractivity contribution in [3.05, 3.63) is 34.5 Å². The molecule has 0 aromatic carbocycles. The van der Waals surface area contributed by atoms with Gasteiger partial charge in [-0.25, -0.2) is 0 Å². The van der Waals surface area contributed by atoms with Gasteiger partial charge in [0.1, 0.15) is 10.6 Å². The van der Waals surface area contributed by atoms with Crippen molar-refractivity contribution < 1.29 is 21.0 Å². The first-order valence-corrected chi connectivity index (χ1v) is 9.18. The zero-order chi connectivity index (χ0) is 18.6. The molecule has 1 amide bonds. The highest BCUT2D eigenvalue weighted by atomic mass is 127. The van der Waals surface area contributed by atoms with E-state index in [9.17, 15) is 18.0 Å². The fourth-order valence-corrected chi connectivity index (χ4v) is 3.35. The van der Waals surface area contributed by atoms with Crippen molar-refractivity contribution in [3.63, 3.8) is 0 Å². The number of carbonyl (C=O) groups is 1. The Balaban J connectivity index is 0.00000109. The molecule has 0 aliphatic heterocycles. The fraction of sp³-hybridized carbons (Fsp3) is 0.400. The maximum atomic E-state index is 12.7. The molecule has 0 atom stereocenters. The molecular weight excluding hydrogens is 470 g/mol. The van der Waals surface area contributed by atoms with Crippen LogP contribution in [-0.2, 0) is 6.18 Å². The Morgan fingerprint density at radius 3 is 2.64 bits per heavy atom. The third kappa shape index (κ3) is 4.81. The molecule has 1 aliphatic carbocycles. The highest BCUT2D eigenvalue weighted by Crippen LogP contribution is 2.47. The first kappa shape index (κ1) is 19.9. The first-order valence-electron chi connectivity index (χ1n) is 7.53. The number of carbonyl (C=O) groups excluding carboxylic acids is 1. The molecule has 0 spiro atoms. The summed E-state index contributed by atoms with van der Waals surface area (Å²) < 4.78 is 47.2. The predicted octanol–water partition coefficient (Wildman–Crippen LogP) is 5.44. The van der Waals surface area contributed by atoms with Gasteiger partial charge in [0, 0.05) is 17.4 Å². The molecule has 0 saturated heterocycles. The zero-order valence-electron chi connectivity index (χ0n) is 13.4. The van der Waals surface area contributed by atoms with E-state index >= 15 is 0 Å². The number of amides is 1. The van der Waals surface area contributed by atoms with Crippen molar-refractivity contribution in [2.75, 3.05) is 5.32 Å². The SMILES string of the molecule is CC.O=C(Nc1ccnc(C(F)(F)F)c1)c1snc(OI)c1C1CC1. The lowest BCUT2D eigenvalue weighted by molar-refractivity contribution is -0.141. The van der Waals surface area contributed by atoms with Gasteiger partial charge in [0.25, 0.3) is 5.91 Å². The lowest BCUT2D eigenvalue weighted by Gasteiger charge is -2.09. The smallest absolute Gasteiger partial charge is 0.407 e. The number of alkyl halides is 3. The molecule has 0 unspecified atom stereocenters. The predicted molar refractivity (Wildman–Crippen MR) is 97.3 cm³/mol. The number of hydrogen-bond donors (Lipinski definition) is 1. The number of anilines is 1. The topological polar surface area (TPSA) is 64.1 Å². The Morgan fingerprint density at radius 2 is 2.08 bits per heavy atom. The second kappa shape index (κ2) is 8.30. The zero-order valence-corrected chi connectivity index (χ0v) is 16.3. The molecule has 1 aliphatic rings. The van der Waals surface area contributed by atoms with E-state index in [0.29, 0.717) is 10.8 Å². The quantitative estimate of drug-likeness (QED) is 0.586. The highest BCUT2D eigenvalue weighted by molar-refractivity contribution is 14.1. The van der Waals surface area contributed by atoms with Gasteiger partial charge in [0.15, 0.2) is 23.0 Å². The van der Waals surface area contributed by atoms with Gasteiger partial charge >= 0.3 is 6.18 Å². The third-order valence-corrected chi connectivity index (χ3v) is 4.53. The molecule has 1 fully saturated rings. The van der Waals surface area contributed by atoms with E-state index in [-0.39, 0.29) is 11.6 Å². The molecule has 10 heteroatoms. The number of nitrogens with one attached hydrogen (secondary N) is 1. The third-order valence-electron chi connectivity index (χ3n) is 3.27. The van der Waals surface area contributed by atoms with E-state index in [1.54, 1.807) is 23.0 Å². The largest absolute Gasteiger partial charge is 0.433 e. The van der Waals surface area contributed by atoms with Gasteiger partial charge in [0.05, 0.1) is 0 Å².